The van der Waals surface area contributed by atoms with Gasteiger partial charge in [-0.15, -0.1) is 0 Å². The van der Waals surface area contributed by atoms with E-state index in [1.165, 1.54) is 0 Å². The maximum absolute atomic E-state index is 5.59. The predicted molar refractivity (Wildman–Crippen MR) is 49.0 cm³/mol. The Labute approximate surface area is 77.8 Å². The van der Waals surface area contributed by atoms with Gasteiger partial charge in [-0.1, -0.05) is 61.5 Å². The topological polar surface area (TPSA) is 0 Å². The lowest BCUT2D eigenvalue weighted by atomic mass is 10.0. The van der Waals surface area contributed by atoms with Gasteiger partial charge in [0.25, 0.3) is 0 Å². The largest absolute Gasteiger partial charge is 0.190 e. The van der Waals surface area contributed by atoms with Gasteiger partial charge in [-0.05, 0) is 12.3 Å². The van der Waals surface area contributed by atoms with Gasteiger partial charge in [0, 0.05) is 0 Å². The SMILES string of the molecule is CCCC(C)CC(Cl)(Cl)Cl. The Kier molecular flexibility index (Phi) is 5.10. The molecule has 0 radical (unpaired) electrons. The molecule has 0 aliphatic rings. The van der Waals surface area contributed by atoms with Crippen molar-refractivity contribution in [3.05, 3.63) is 0 Å². The highest BCUT2D eigenvalue weighted by atomic mass is 35.6. The lowest BCUT2D eigenvalue weighted by Crippen LogP contribution is -2.08. The molecular weight excluding hydrogens is 190 g/mol. The summed E-state index contributed by atoms with van der Waals surface area (Å²) in [5.41, 5.74) is 0. The minimum Gasteiger partial charge on any atom is -0.0837 e. The van der Waals surface area contributed by atoms with Crippen LogP contribution in [0.3, 0.4) is 0 Å². The van der Waals surface area contributed by atoms with Crippen molar-refractivity contribution in [2.75, 3.05) is 0 Å². The molecule has 0 bridgehead atoms. The van der Waals surface area contributed by atoms with E-state index < -0.39 is 3.79 Å². The maximum Gasteiger partial charge on any atom is 0.190 e. The average Bonchev–Trinajstić information content (AvgIpc) is 1.59. The van der Waals surface area contributed by atoms with Crippen molar-refractivity contribution in [1.82, 2.24) is 0 Å². The molecule has 0 aliphatic carbocycles. The molecule has 0 spiro atoms. The predicted octanol–water partition coefficient (Wildman–Crippen LogP) is 4.18. The molecule has 0 aromatic carbocycles. The molecule has 62 valence electrons. The van der Waals surface area contributed by atoms with Crippen LogP contribution in [0.5, 0.6) is 0 Å². The van der Waals surface area contributed by atoms with Crippen LogP contribution in [0.25, 0.3) is 0 Å². The highest BCUT2D eigenvalue weighted by Crippen LogP contribution is 2.34. The first-order chi connectivity index (χ1) is 4.45. The van der Waals surface area contributed by atoms with E-state index in [1.54, 1.807) is 0 Å². The second-order valence-electron chi connectivity index (χ2n) is 2.71. The number of hydrogen-bond donors (Lipinski definition) is 0. The van der Waals surface area contributed by atoms with Gasteiger partial charge >= 0.3 is 0 Å². The van der Waals surface area contributed by atoms with Crippen molar-refractivity contribution in [1.29, 1.82) is 0 Å². The van der Waals surface area contributed by atoms with E-state index in [2.05, 4.69) is 13.8 Å². The van der Waals surface area contributed by atoms with Crippen LogP contribution in [0.1, 0.15) is 33.1 Å². The van der Waals surface area contributed by atoms with E-state index in [-0.39, 0.29) is 0 Å². The smallest absolute Gasteiger partial charge is 0.0837 e. The van der Waals surface area contributed by atoms with Crippen LogP contribution in [0.4, 0.5) is 0 Å². The minimum absolute atomic E-state index is 0.512. The van der Waals surface area contributed by atoms with Gasteiger partial charge in [-0.3, -0.25) is 0 Å². The quantitative estimate of drug-likeness (QED) is 0.604. The van der Waals surface area contributed by atoms with Gasteiger partial charge in [-0.25, -0.2) is 0 Å². The molecular formula is C7H13Cl3. The first-order valence-electron chi connectivity index (χ1n) is 3.52. The van der Waals surface area contributed by atoms with Gasteiger partial charge in [0.1, 0.15) is 0 Å². The van der Waals surface area contributed by atoms with Crippen molar-refractivity contribution >= 4 is 34.8 Å². The molecule has 10 heavy (non-hydrogen) atoms. The molecule has 0 aromatic heterocycles. The molecule has 0 aromatic rings. The summed E-state index contributed by atoms with van der Waals surface area (Å²) >= 11 is 16.8. The van der Waals surface area contributed by atoms with E-state index >= 15 is 0 Å². The first-order valence-corrected chi connectivity index (χ1v) is 4.66. The summed E-state index contributed by atoms with van der Waals surface area (Å²) < 4.78 is -1.06. The normalized spacial score (nSPS) is 15.3. The van der Waals surface area contributed by atoms with Crippen LogP contribution in [-0.4, -0.2) is 3.79 Å². The van der Waals surface area contributed by atoms with Gasteiger partial charge < -0.3 is 0 Å². The molecule has 0 fully saturated rings. The summed E-state index contributed by atoms with van der Waals surface area (Å²) in [6.45, 7) is 4.24. The Hall–Kier alpha value is 0.870. The fourth-order valence-electron chi connectivity index (χ4n) is 0.990. The van der Waals surface area contributed by atoms with Crippen molar-refractivity contribution in [3.8, 4) is 0 Å². The van der Waals surface area contributed by atoms with Crippen LogP contribution >= 0.6 is 34.8 Å². The van der Waals surface area contributed by atoms with Gasteiger partial charge in [0.05, 0.1) is 0 Å². The molecule has 0 aliphatic heterocycles. The Balaban J connectivity index is 3.47. The molecule has 0 saturated heterocycles. The zero-order valence-electron chi connectivity index (χ0n) is 6.33. The average molecular weight is 204 g/mol. The summed E-state index contributed by atoms with van der Waals surface area (Å²) in [7, 11) is 0. The number of rotatable bonds is 3. The Morgan fingerprint density at radius 3 is 2.10 bits per heavy atom. The highest BCUT2D eigenvalue weighted by molar-refractivity contribution is 6.67. The standard InChI is InChI=1S/C7H13Cl3/c1-3-4-6(2)5-7(8,9)10/h6H,3-5H2,1-2H3. The van der Waals surface area contributed by atoms with Gasteiger partial charge in [0.15, 0.2) is 3.79 Å². The molecule has 1 unspecified atom stereocenters. The molecule has 0 N–H and O–H groups in total. The Morgan fingerprint density at radius 1 is 1.30 bits per heavy atom. The van der Waals surface area contributed by atoms with Crippen LogP contribution in [0.15, 0.2) is 0 Å². The monoisotopic (exact) mass is 202 g/mol. The molecule has 0 amide bonds. The zero-order valence-corrected chi connectivity index (χ0v) is 8.60. The van der Waals surface area contributed by atoms with Crippen LogP contribution in [0, 0.1) is 5.92 Å². The third-order valence-corrected chi connectivity index (χ3v) is 1.82. The third kappa shape index (κ3) is 6.98. The number of halogens is 3. The lowest BCUT2D eigenvalue weighted by molar-refractivity contribution is 0.492. The second kappa shape index (κ2) is 4.69. The lowest BCUT2D eigenvalue weighted by Gasteiger charge is -2.15. The summed E-state index contributed by atoms with van der Waals surface area (Å²) in [5.74, 6) is 0.512. The van der Waals surface area contributed by atoms with Crippen molar-refractivity contribution in [2.24, 2.45) is 5.92 Å². The van der Waals surface area contributed by atoms with Crippen LogP contribution in [0.2, 0.25) is 0 Å². The number of alkyl halides is 3. The van der Waals surface area contributed by atoms with Crippen molar-refractivity contribution in [2.45, 2.75) is 36.9 Å². The fourth-order valence-corrected chi connectivity index (χ4v) is 1.78. The van der Waals surface area contributed by atoms with Gasteiger partial charge in [-0.2, -0.15) is 0 Å². The third-order valence-electron chi connectivity index (χ3n) is 1.36. The summed E-state index contributed by atoms with van der Waals surface area (Å²) in [6, 6.07) is 0. The zero-order chi connectivity index (χ0) is 8.20. The molecule has 3 heteroatoms. The van der Waals surface area contributed by atoms with Gasteiger partial charge in [0.2, 0.25) is 0 Å². The minimum atomic E-state index is -1.06. The first kappa shape index (κ1) is 10.9. The van der Waals surface area contributed by atoms with E-state index in [4.69, 9.17) is 34.8 Å². The van der Waals surface area contributed by atoms with Crippen LogP contribution < -0.4 is 0 Å². The maximum atomic E-state index is 5.59. The highest BCUT2D eigenvalue weighted by Gasteiger charge is 2.22. The second-order valence-corrected chi connectivity index (χ2v) is 5.23. The van der Waals surface area contributed by atoms with E-state index in [9.17, 15) is 0 Å². The Morgan fingerprint density at radius 2 is 1.80 bits per heavy atom. The summed E-state index contributed by atoms with van der Waals surface area (Å²) in [4.78, 5) is 0. The van der Waals surface area contributed by atoms with E-state index in [1.807, 2.05) is 0 Å². The van der Waals surface area contributed by atoms with Crippen molar-refractivity contribution < 1.29 is 0 Å². The molecule has 0 saturated carbocycles. The summed E-state index contributed by atoms with van der Waals surface area (Å²) in [5, 5.41) is 0. The van der Waals surface area contributed by atoms with E-state index in [0.29, 0.717) is 12.3 Å². The Bertz CT molecular complexity index is 85.3. The molecule has 0 heterocycles. The summed E-state index contributed by atoms with van der Waals surface area (Å²) in [6.07, 6.45) is 2.95. The van der Waals surface area contributed by atoms with E-state index in [0.717, 1.165) is 12.8 Å². The van der Waals surface area contributed by atoms with Crippen molar-refractivity contribution in [3.63, 3.8) is 0 Å². The molecule has 0 rings (SSSR count). The molecule has 0 nitrogen and oxygen atoms in total. The molecule has 1 atom stereocenters. The fraction of sp³-hybridized carbons (Fsp3) is 1.00. The van der Waals surface area contributed by atoms with Crippen LogP contribution in [-0.2, 0) is 0 Å². The number of hydrogen-bond acceptors (Lipinski definition) is 0.